The summed E-state index contributed by atoms with van der Waals surface area (Å²) in [5.74, 6) is -0.779. The Morgan fingerprint density at radius 3 is 2.58 bits per heavy atom. The van der Waals surface area contributed by atoms with E-state index in [1.807, 2.05) is 0 Å². The molecule has 1 amide bonds. The van der Waals surface area contributed by atoms with Gasteiger partial charge >= 0.3 is 5.97 Å². The molecular formula is C15H22N2O5S2. The van der Waals surface area contributed by atoms with Crippen LogP contribution in [0.5, 0.6) is 0 Å². The van der Waals surface area contributed by atoms with Crippen LogP contribution in [0.3, 0.4) is 0 Å². The molecular weight excluding hydrogens is 352 g/mol. The first-order chi connectivity index (χ1) is 11.4. The van der Waals surface area contributed by atoms with Crippen molar-refractivity contribution in [2.45, 2.75) is 31.6 Å². The van der Waals surface area contributed by atoms with Crippen LogP contribution >= 0.6 is 11.3 Å². The van der Waals surface area contributed by atoms with E-state index in [1.165, 1.54) is 15.8 Å². The topological polar surface area (TPSA) is 92.8 Å². The first-order valence-electron chi connectivity index (χ1n) is 7.93. The summed E-state index contributed by atoms with van der Waals surface area (Å²) < 4.78 is 31.7. The molecule has 0 radical (unpaired) electrons. The van der Waals surface area contributed by atoms with E-state index in [0.29, 0.717) is 30.9 Å². The number of amides is 1. The van der Waals surface area contributed by atoms with Gasteiger partial charge in [0.05, 0.1) is 22.3 Å². The molecule has 1 aliphatic heterocycles. The maximum absolute atomic E-state index is 12.7. The van der Waals surface area contributed by atoms with E-state index in [1.54, 1.807) is 13.8 Å². The molecule has 0 bridgehead atoms. The summed E-state index contributed by atoms with van der Waals surface area (Å²) in [6.07, 6.45) is 0.900. The molecule has 1 aromatic heterocycles. The minimum atomic E-state index is -3.64. The number of carbonyl (C=O) groups excluding carboxylic acids is 2. The van der Waals surface area contributed by atoms with Crippen LogP contribution in [0.15, 0.2) is 16.3 Å². The van der Waals surface area contributed by atoms with Gasteiger partial charge in [0.1, 0.15) is 0 Å². The molecule has 1 aliphatic rings. The van der Waals surface area contributed by atoms with E-state index >= 15 is 0 Å². The number of hydrogen-bond acceptors (Lipinski definition) is 6. The van der Waals surface area contributed by atoms with Gasteiger partial charge < -0.3 is 10.1 Å². The van der Waals surface area contributed by atoms with Gasteiger partial charge in [-0.3, -0.25) is 9.59 Å². The Balaban J connectivity index is 2.04. The lowest BCUT2D eigenvalue weighted by atomic mass is 9.98. The number of rotatable bonds is 6. The molecule has 24 heavy (non-hydrogen) atoms. The number of thiophene rings is 1. The lowest BCUT2D eigenvalue weighted by Crippen LogP contribution is -2.40. The SMILES string of the molecule is CCNC(=O)c1cc(S(=O)(=O)N2CCC(C(=O)OCC)CC2)cs1. The standard InChI is InChI=1S/C15H22N2O5S2/c1-3-16-14(18)13-9-12(10-23-13)24(20,21)17-7-5-11(6-8-17)15(19)22-4-2/h9-11H,3-8H2,1-2H3,(H,16,18). The minimum absolute atomic E-state index is 0.128. The number of hydrogen-bond donors (Lipinski definition) is 1. The Bertz CT molecular complexity index is 690. The van der Waals surface area contributed by atoms with Gasteiger partial charge in [0, 0.05) is 25.0 Å². The van der Waals surface area contributed by atoms with Crippen LogP contribution in [0.1, 0.15) is 36.4 Å². The molecule has 0 aliphatic carbocycles. The van der Waals surface area contributed by atoms with Crippen molar-refractivity contribution in [3.05, 3.63) is 16.3 Å². The smallest absolute Gasteiger partial charge is 0.309 e. The fraction of sp³-hybridized carbons (Fsp3) is 0.600. The molecule has 7 nitrogen and oxygen atoms in total. The third kappa shape index (κ3) is 4.14. The second-order valence-electron chi connectivity index (χ2n) is 5.44. The number of ether oxygens (including phenoxy) is 1. The van der Waals surface area contributed by atoms with Crippen LogP contribution in [-0.4, -0.2) is 50.8 Å². The molecule has 0 saturated carbocycles. The van der Waals surface area contributed by atoms with E-state index in [0.717, 1.165) is 11.3 Å². The number of piperidine rings is 1. The Morgan fingerprint density at radius 1 is 1.33 bits per heavy atom. The summed E-state index contributed by atoms with van der Waals surface area (Å²) in [5.41, 5.74) is 0. The first-order valence-corrected chi connectivity index (χ1v) is 10.3. The molecule has 1 fully saturated rings. The van der Waals surface area contributed by atoms with Crippen molar-refractivity contribution in [3.63, 3.8) is 0 Å². The highest BCUT2D eigenvalue weighted by atomic mass is 32.2. The van der Waals surface area contributed by atoms with Crippen LogP contribution in [0.4, 0.5) is 0 Å². The van der Waals surface area contributed by atoms with Gasteiger partial charge in [0.15, 0.2) is 0 Å². The molecule has 0 atom stereocenters. The first kappa shape index (κ1) is 18.9. The van der Waals surface area contributed by atoms with Crippen LogP contribution in [0, 0.1) is 5.92 Å². The molecule has 0 unspecified atom stereocenters. The average molecular weight is 374 g/mol. The zero-order valence-corrected chi connectivity index (χ0v) is 15.4. The van der Waals surface area contributed by atoms with Gasteiger partial charge in [0.25, 0.3) is 5.91 Å². The third-order valence-corrected chi connectivity index (χ3v) is 6.80. The molecule has 2 heterocycles. The maximum Gasteiger partial charge on any atom is 0.309 e. The summed E-state index contributed by atoms with van der Waals surface area (Å²) in [6, 6.07) is 1.41. The van der Waals surface area contributed by atoms with Crippen molar-refractivity contribution in [3.8, 4) is 0 Å². The molecule has 0 aromatic carbocycles. The number of nitrogens with one attached hydrogen (secondary N) is 1. The molecule has 134 valence electrons. The Hall–Kier alpha value is -1.45. The van der Waals surface area contributed by atoms with Crippen LogP contribution in [0.25, 0.3) is 0 Å². The summed E-state index contributed by atoms with van der Waals surface area (Å²) in [4.78, 5) is 24.0. The van der Waals surface area contributed by atoms with Gasteiger partial charge in [-0.25, -0.2) is 8.42 Å². The van der Waals surface area contributed by atoms with Crippen molar-refractivity contribution in [2.24, 2.45) is 5.92 Å². The summed E-state index contributed by atoms with van der Waals surface area (Å²) >= 11 is 1.11. The highest BCUT2D eigenvalue weighted by Crippen LogP contribution is 2.27. The van der Waals surface area contributed by atoms with Gasteiger partial charge in [-0.05, 0) is 32.8 Å². The monoisotopic (exact) mass is 374 g/mol. The quantitative estimate of drug-likeness (QED) is 0.761. The van der Waals surface area contributed by atoms with E-state index < -0.39 is 10.0 Å². The molecule has 2 rings (SSSR count). The van der Waals surface area contributed by atoms with Crippen molar-refractivity contribution in [1.29, 1.82) is 0 Å². The maximum atomic E-state index is 12.7. The minimum Gasteiger partial charge on any atom is -0.466 e. The average Bonchev–Trinajstić information content (AvgIpc) is 3.06. The second-order valence-corrected chi connectivity index (χ2v) is 8.29. The fourth-order valence-corrected chi connectivity index (χ4v) is 5.21. The summed E-state index contributed by atoms with van der Waals surface area (Å²) in [5, 5.41) is 4.13. The van der Waals surface area contributed by atoms with Gasteiger partial charge in [-0.2, -0.15) is 4.31 Å². The Labute approximate surface area is 146 Å². The largest absolute Gasteiger partial charge is 0.466 e. The molecule has 9 heteroatoms. The number of esters is 1. The number of sulfonamides is 1. The van der Waals surface area contributed by atoms with Gasteiger partial charge in [-0.1, -0.05) is 0 Å². The summed E-state index contributed by atoms with van der Waals surface area (Å²) in [6.45, 7) is 4.92. The van der Waals surface area contributed by atoms with Crippen LogP contribution in [-0.2, 0) is 19.6 Å². The van der Waals surface area contributed by atoms with E-state index in [-0.39, 0.29) is 35.8 Å². The van der Waals surface area contributed by atoms with Crippen molar-refractivity contribution in [2.75, 3.05) is 26.2 Å². The molecule has 1 aromatic rings. The Kier molecular flexibility index (Phi) is 6.36. The highest BCUT2D eigenvalue weighted by molar-refractivity contribution is 7.89. The Morgan fingerprint density at radius 2 is 2.00 bits per heavy atom. The predicted octanol–water partition coefficient (Wildman–Crippen LogP) is 1.46. The second kappa shape index (κ2) is 8.09. The normalized spacial score (nSPS) is 16.8. The molecule has 1 saturated heterocycles. The number of nitrogens with zero attached hydrogens (tertiary/aromatic N) is 1. The van der Waals surface area contributed by atoms with Crippen LogP contribution in [0.2, 0.25) is 0 Å². The summed E-state index contributed by atoms with van der Waals surface area (Å²) in [7, 11) is -3.64. The zero-order chi connectivity index (χ0) is 17.7. The lowest BCUT2D eigenvalue weighted by molar-refractivity contribution is -0.149. The van der Waals surface area contributed by atoms with E-state index in [4.69, 9.17) is 4.74 Å². The zero-order valence-electron chi connectivity index (χ0n) is 13.8. The van der Waals surface area contributed by atoms with Gasteiger partial charge in [0.2, 0.25) is 10.0 Å². The van der Waals surface area contributed by atoms with Crippen LogP contribution < -0.4 is 5.32 Å². The fourth-order valence-electron chi connectivity index (χ4n) is 2.56. The predicted molar refractivity (Wildman–Crippen MR) is 90.4 cm³/mol. The van der Waals surface area contributed by atoms with E-state index in [2.05, 4.69) is 5.32 Å². The highest BCUT2D eigenvalue weighted by Gasteiger charge is 2.33. The van der Waals surface area contributed by atoms with Crippen molar-refractivity contribution >= 4 is 33.2 Å². The number of carbonyl (C=O) groups is 2. The molecule has 1 N–H and O–H groups in total. The van der Waals surface area contributed by atoms with Crippen molar-refractivity contribution in [1.82, 2.24) is 9.62 Å². The third-order valence-electron chi connectivity index (χ3n) is 3.85. The molecule has 0 spiro atoms. The van der Waals surface area contributed by atoms with Crippen molar-refractivity contribution < 1.29 is 22.7 Å². The van der Waals surface area contributed by atoms with E-state index in [9.17, 15) is 18.0 Å². The van der Waals surface area contributed by atoms with Gasteiger partial charge in [-0.15, -0.1) is 11.3 Å². The lowest BCUT2D eigenvalue weighted by Gasteiger charge is -2.29.